The van der Waals surface area contributed by atoms with Crippen molar-refractivity contribution in [2.24, 2.45) is 0 Å². The Balaban J connectivity index is 3.38. The van der Waals surface area contributed by atoms with E-state index < -0.39 is 12.5 Å². The molecule has 0 heterocycles. The summed E-state index contributed by atoms with van der Waals surface area (Å²) < 4.78 is 36.4. The van der Waals surface area contributed by atoms with E-state index in [0.717, 1.165) is 6.92 Å². The van der Waals surface area contributed by atoms with E-state index in [1.807, 2.05) is 0 Å². The Morgan fingerprint density at radius 1 is 1.19 bits per heavy atom. The zero-order chi connectivity index (χ0) is 12.3. The number of hydrogen-bond acceptors (Lipinski definition) is 3. The van der Waals surface area contributed by atoms with Crippen LogP contribution in [0.4, 0.5) is 8.78 Å². The molecule has 0 aliphatic heterocycles. The summed E-state index contributed by atoms with van der Waals surface area (Å²) in [5.41, 5.74) is -0.127. The van der Waals surface area contributed by atoms with E-state index in [-0.39, 0.29) is 16.9 Å². The van der Waals surface area contributed by atoms with Gasteiger partial charge in [-0.1, -0.05) is 0 Å². The van der Waals surface area contributed by atoms with E-state index in [1.54, 1.807) is 0 Å². The minimum Gasteiger partial charge on any atom is -0.493 e. The van der Waals surface area contributed by atoms with Crippen LogP contribution in [0.3, 0.4) is 0 Å². The average molecular weight is 232 g/mol. The van der Waals surface area contributed by atoms with Gasteiger partial charge in [0.15, 0.2) is 11.5 Å². The minimum absolute atomic E-state index is 0.130. The molecule has 1 N–H and O–H groups in total. The summed E-state index contributed by atoms with van der Waals surface area (Å²) in [4.78, 5) is 0. The minimum atomic E-state index is -3.03. The first-order valence-electron chi connectivity index (χ1n) is 4.68. The van der Waals surface area contributed by atoms with Gasteiger partial charge in [-0.25, -0.2) is 8.78 Å². The summed E-state index contributed by atoms with van der Waals surface area (Å²) in [5.74, 6) is -2.49. The summed E-state index contributed by atoms with van der Waals surface area (Å²) in [6.07, 6.45) is 0. The first-order chi connectivity index (χ1) is 7.43. The molecule has 0 amide bonds. The van der Waals surface area contributed by atoms with Gasteiger partial charge in [-0.2, -0.15) is 0 Å². The van der Waals surface area contributed by atoms with Crippen molar-refractivity contribution in [2.75, 3.05) is 14.2 Å². The van der Waals surface area contributed by atoms with Crippen molar-refractivity contribution < 1.29 is 23.4 Å². The van der Waals surface area contributed by atoms with Crippen molar-refractivity contribution >= 4 is 0 Å². The maximum atomic E-state index is 13.2. The number of aliphatic hydroxyl groups is 1. The van der Waals surface area contributed by atoms with E-state index in [2.05, 4.69) is 0 Å². The summed E-state index contributed by atoms with van der Waals surface area (Å²) in [6, 6.07) is 2.54. The van der Waals surface area contributed by atoms with Gasteiger partial charge in [-0.15, -0.1) is 0 Å². The highest BCUT2D eigenvalue weighted by Crippen LogP contribution is 2.37. The van der Waals surface area contributed by atoms with Gasteiger partial charge in [0.25, 0.3) is 5.92 Å². The second-order valence-electron chi connectivity index (χ2n) is 3.41. The zero-order valence-corrected chi connectivity index (χ0v) is 9.38. The van der Waals surface area contributed by atoms with Crippen LogP contribution in [0.1, 0.15) is 18.1 Å². The Hall–Kier alpha value is -1.36. The molecule has 0 saturated heterocycles. The number of rotatable bonds is 4. The fraction of sp³-hybridized carbons (Fsp3) is 0.455. The molecule has 1 rings (SSSR count). The van der Waals surface area contributed by atoms with Crippen molar-refractivity contribution in [3.63, 3.8) is 0 Å². The van der Waals surface area contributed by atoms with Crippen molar-refractivity contribution in [2.45, 2.75) is 19.5 Å². The van der Waals surface area contributed by atoms with Gasteiger partial charge >= 0.3 is 0 Å². The molecule has 3 nitrogen and oxygen atoms in total. The van der Waals surface area contributed by atoms with E-state index >= 15 is 0 Å². The Morgan fingerprint density at radius 3 is 2.06 bits per heavy atom. The summed E-state index contributed by atoms with van der Waals surface area (Å²) >= 11 is 0. The van der Waals surface area contributed by atoms with Crippen molar-refractivity contribution in [3.8, 4) is 11.5 Å². The summed E-state index contributed by atoms with van der Waals surface area (Å²) in [7, 11) is 2.77. The maximum Gasteiger partial charge on any atom is 0.271 e. The molecule has 0 unspecified atom stereocenters. The summed E-state index contributed by atoms with van der Waals surface area (Å²) in [6.45, 7) is 0.298. The van der Waals surface area contributed by atoms with Gasteiger partial charge in [-0.05, 0) is 17.7 Å². The SMILES string of the molecule is COc1cc(CO)c(C(C)(F)F)cc1OC. The van der Waals surface area contributed by atoms with Crippen molar-refractivity contribution in [1.29, 1.82) is 0 Å². The molecule has 5 heteroatoms. The summed E-state index contributed by atoms with van der Waals surface area (Å²) in [5, 5.41) is 9.04. The molecule has 0 fully saturated rings. The lowest BCUT2D eigenvalue weighted by molar-refractivity contribution is 0.0151. The van der Waals surface area contributed by atoms with Crippen LogP contribution in [0.15, 0.2) is 12.1 Å². The predicted molar refractivity (Wildman–Crippen MR) is 55.0 cm³/mol. The number of benzene rings is 1. The first kappa shape index (κ1) is 12.7. The van der Waals surface area contributed by atoms with E-state index in [1.165, 1.54) is 26.4 Å². The molecule has 16 heavy (non-hydrogen) atoms. The normalized spacial score (nSPS) is 11.4. The first-order valence-corrected chi connectivity index (χ1v) is 4.68. The molecule has 0 atom stereocenters. The zero-order valence-electron chi connectivity index (χ0n) is 9.38. The maximum absolute atomic E-state index is 13.2. The fourth-order valence-electron chi connectivity index (χ4n) is 1.46. The highest BCUT2D eigenvalue weighted by atomic mass is 19.3. The van der Waals surface area contributed by atoms with Crippen LogP contribution < -0.4 is 9.47 Å². The van der Waals surface area contributed by atoms with Crippen LogP contribution >= 0.6 is 0 Å². The number of ether oxygens (including phenoxy) is 2. The van der Waals surface area contributed by atoms with Crippen LogP contribution in [0.25, 0.3) is 0 Å². The highest BCUT2D eigenvalue weighted by Gasteiger charge is 2.29. The molecule has 0 spiro atoms. The largest absolute Gasteiger partial charge is 0.493 e. The molecule has 0 aliphatic carbocycles. The number of hydrogen-bond donors (Lipinski definition) is 1. The van der Waals surface area contributed by atoms with Crippen molar-refractivity contribution in [3.05, 3.63) is 23.3 Å². The lowest BCUT2D eigenvalue weighted by Crippen LogP contribution is -2.11. The Kier molecular flexibility index (Phi) is 3.70. The standard InChI is InChI=1S/C11H14F2O3/c1-11(12,13)8-5-10(16-3)9(15-2)4-7(8)6-14/h4-5,14H,6H2,1-3H3. The van der Waals surface area contributed by atoms with E-state index in [4.69, 9.17) is 14.6 Å². The number of halogens is 2. The Morgan fingerprint density at radius 2 is 1.69 bits per heavy atom. The Bertz CT molecular complexity index is 372. The second kappa shape index (κ2) is 4.65. The van der Waals surface area contributed by atoms with E-state index in [0.29, 0.717) is 5.75 Å². The second-order valence-corrected chi connectivity index (χ2v) is 3.41. The Labute approximate surface area is 92.6 Å². The van der Waals surface area contributed by atoms with Gasteiger partial charge in [0, 0.05) is 12.5 Å². The third-order valence-electron chi connectivity index (χ3n) is 2.25. The number of alkyl halides is 2. The van der Waals surface area contributed by atoms with Crippen LogP contribution in [-0.4, -0.2) is 19.3 Å². The van der Waals surface area contributed by atoms with Crippen LogP contribution in [0.5, 0.6) is 11.5 Å². The lowest BCUT2D eigenvalue weighted by Gasteiger charge is -2.17. The molecule has 1 aromatic carbocycles. The molecular weight excluding hydrogens is 218 g/mol. The van der Waals surface area contributed by atoms with Gasteiger partial charge in [0.2, 0.25) is 0 Å². The quantitative estimate of drug-likeness (QED) is 0.865. The molecule has 0 aliphatic rings. The van der Waals surface area contributed by atoms with Crippen molar-refractivity contribution in [1.82, 2.24) is 0 Å². The topological polar surface area (TPSA) is 38.7 Å². The van der Waals surface area contributed by atoms with Gasteiger partial charge in [-0.3, -0.25) is 0 Å². The molecule has 0 bridgehead atoms. The molecule has 0 saturated carbocycles. The fourth-order valence-corrected chi connectivity index (χ4v) is 1.46. The molecule has 90 valence electrons. The average Bonchev–Trinajstić information content (AvgIpc) is 2.25. The van der Waals surface area contributed by atoms with E-state index in [9.17, 15) is 8.78 Å². The third-order valence-corrected chi connectivity index (χ3v) is 2.25. The predicted octanol–water partition coefficient (Wildman–Crippen LogP) is 2.31. The van der Waals surface area contributed by atoms with Gasteiger partial charge < -0.3 is 14.6 Å². The molecular formula is C11H14F2O3. The van der Waals surface area contributed by atoms with Crippen LogP contribution in [-0.2, 0) is 12.5 Å². The van der Waals surface area contributed by atoms with Crippen LogP contribution in [0, 0.1) is 0 Å². The number of aliphatic hydroxyl groups excluding tert-OH is 1. The lowest BCUT2D eigenvalue weighted by atomic mass is 10.0. The monoisotopic (exact) mass is 232 g/mol. The molecule has 0 radical (unpaired) electrons. The van der Waals surface area contributed by atoms with Gasteiger partial charge in [0.1, 0.15) is 0 Å². The third kappa shape index (κ3) is 2.41. The van der Waals surface area contributed by atoms with Gasteiger partial charge in [0.05, 0.1) is 20.8 Å². The smallest absolute Gasteiger partial charge is 0.271 e. The number of methoxy groups -OCH3 is 2. The molecule has 0 aromatic heterocycles. The molecule has 1 aromatic rings. The highest BCUT2D eigenvalue weighted by molar-refractivity contribution is 5.48. The van der Waals surface area contributed by atoms with Crippen LogP contribution in [0.2, 0.25) is 0 Å².